The molecule has 2 rings (SSSR count). The zero-order chi connectivity index (χ0) is 17.1. The van der Waals surface area contributed by atoms with E-state index in [1.807, 2.05) is 0 Å². The van der Waals surface area contributed by atoms with E-state index < -0.39 is 31.4 Å². The first-order valence-corrected chi connectivity index (χ1v) is 7.71. The summed E-state index contributed by atoms with van der Waals surface area (Å²) in [6.07, 6.45) is 0.860. The number of aliphatic hydroxyl groups excluding tert-OH is 1. The molecule has 12 heteroatoms. The summed E-state index contributed by atoms with van der Waals surface area (Å²) in [7, 11) is -4.64. The van der Waals surface area contributed by atoms with Crippen LogP contribution in [0.5, 0.6) is 0 Å². The molecule has 0 aromatic carbocycles. The second-order valence-corrected chi connectivity index (χ2v) is 5.73. The smallest absolute Gasteiger partial charge is 0.394 e. The molecule has 1 aromatic rings. The number of aromatic nitrogens is 2. The van der Waals surface area contributed by atoms with Gasteiger partial charge in [0.2, 0.25) is 0 Å². The highest BCUT2D eigenvalue weighted by Crippen LogP contribution is 2.26. The number of hydrogen-bond acceptors (Lipinski definition) is 6. The number of rotatable bonds is 2. The van der Waals surface area contributed by atoms with Gasteiger partial charge in [0.1, 0.15) is 6.23 Å². The average molecular weight is 339 g/mol. The number of ether oxygens (including phenoxy) is 1. The minimum Gasteiger partial charge on any atom is -0.394 e. The van der Waals surface area contributed by atoms with E-state index in [9.17, 15) is 9.59 Å². The Morgan fingerprint density at radius 3 is 2.45 bits per heavy atom. The van der Waals surface area contributed by atoms with Gasteiger partial charge in [-0.15, -0.1) is 0 Å². The zero-order valence-electron chi connectivity index (χ0n) is 11.6. The van der Waals surface area contributed by atoms with Gasteiger partial charge in [0.25, 0.3) is 5.56 Å². The van der Waals surface area contributed by atoms with E-state index in [0.717, 1.165) is 0 Å². The van der Waals surface area contributed by atoms with Gasteiger partial charge in [0.05, 0.1) is 12.7 Å². The van der Waals surface area contributed by atoms with Crippen molar-refractivity contribution in [3.63, 3.8) is 0 Å². The molecule has 0 saturated carbocycles. The van der Waals surface area contributed by atoms with Gasteiger partial charge in [-0.1, -0.05) is 0 Å². The zero-order valence-corrected chi connectivity index (χ0v) is 12.5. The molecule has 0 amide bonds. The molecule has 1 unspecified atom stereocenters. The molecule has 126 valence electrons. The van der Waals surface area contributed by atoms with Crippen LogP contribution in [0.2, 0.25) is 0 Å². The number of nitrogens with two attached hydrogens (primary N) is 1. The van der Waals surface area contributed by atoms with Crippen molar-refractivity contribution >= 4 is 7.82 Å². The van der Waals surface area contributed by atoms with Gasteiger partial charge < -0.3 is 30.3 Å². The van der Waals surface area contributed by atoms with Gasteiger partial charge in [-0.2, -0.15) is 0 Å². The predicted octanol–water partition coefficient (Wildman–Crippen LogP) is -2.48. The lowest BCUT2D eigenvalue weighted by molar-refractivity contribution is -0.0271. The van der Waals surface area contributed by atoms with Crippen LogP contribution in [0, 0.1) is 6.92 Å². The van der Waals surface area contributed by atoms with Gasteiger partial charge in [0, 0.05) is 24.2 Å². The van der Waals surface area contributed by atoms with E-state index in [-0.39, 0.29) is 12.6 Å². The second kappa shape index (κ2) is 7.29. The first-order chi connectivity index (χ1) is 10.0. The van der Waals surface area contributed by atoms with Crippen molar-refractivity contribution in [1.82, 2.24) is 9.55 Å². The van der Waals surface area contributed by atoms with Crippen LogP contribution < -0.4 is 17.0 Å². The van der Waals surface area contributed by atoms with Crippen molar-refractivity contribution in [2.45, 2.75) is 31.7 Å². The first-order valence-electron chi connectivity index (χ1n) is 6.15. The van der Waals surface area contributed by atoms with E-state index in [1.54, 1.807) is 6.92 Å². The lowest BCUT2D eigenvalue weighted by Gasteiger charge is -2.14. The summed E-state index contributed by atoms with van der Waals surface area (Å²) < 4.78 is 15.6. The monoisotopic (exact) mass is 339 g/mol. The third kappa shape index (κ3) is 5.46. The first kappa shape index (κ1) is 18.7. The highest BCUT2D eigenvalue weighted by Gasteiger charge is 2.33. The molecule has 1 aliphatic rings. The number of H-pyrrole nitrogens is 1. The van der Waals surface area contributed by atoms with Crippen LogP contribution in [0.3, 0.4) is 0 Å². The van der Waals surface area contributed by atoms with Crippen LogP contribution in [-0.4, -0.2) is 48.1 Å². The molecule has 0 bridgehead atoms. The lowest BCUT2D eigenvalue weighted by Crippen LogP contribution is -2.33. The SMILES string of the molecule is Cc1cn([C@H]2CC(N)[C@@H](CO)O2)c(=O)[nH]c1=O.O=P(O)(O)O. The molecule has 1 aliphatic heterocycles. The number of hydrogen-bond donors (Lipinski definition) is 6. The maximum absolute atomic E-state index is 11.6. The minimum atomic E-state index is -4.64. The molecule has 11 nitrogen and oxygen atoms in total. The number of aromatic amines is 1. The molecular formula is C10H18N3O8P. The van der Waals surface area contributed by atoms with Crippen LogP contribution in [0.1, 0.15) is 18.2 Å². The second-order valence-electron chi connectivity index (χ2n) is 4.70. The Hall–Kier alpha value is -1.33. The van der Waals surface area contributed by atoms with Gasteiger partial charge in [0.15, 0.2) is 0 Å². The molecule has 7 N–H and O–H groups in total. The summed E-state index contributed by atoms with van der Waals surface area (Å²) in [6, 6.07) is -0.316. The molecule has 22 heavy (non-hydrogen) atoms. The quantitative estimate of drug-likeness (QED) is 0.317. The van der Waals surface area contributed by atoms with Crippen molar-refractivity contribution in [1.29, 1.82) is 0 Å². The summed E-state index contributed by atoms with van der Waals surface area (Å²) in [5, 5.41) is 9.02. The Morgan fingerprint density at radius 1 is 1.45 bits per heavy atom. The summed E-state index contributed by atoms with van der Waals surface area (Å²) in [6.45, 7) is 1.42. The minimum absolute atomic E-state index is 0.186. The third-order valence-electron chi connectivity index (χ3n) is 2.92. The Morgan fingerprint density at radius 2 is 2.00 bits per heavy atom. The van der Waals surface area contributed by atoms with Crippen LogP contribution in [0.25, 0.3) is 0 Å². The number of aryl methyl sites for hydroxylation is 1. The van der Waals surface area contributed by atoms with E-state index in [1.165, 1.54) is 10.8 Å². The standard InChI is InChI=1S/C10H15N3O4.H3O4P/c1-5-3-13(10(16)12-9(5)15)8-2-6(11)7(4-14)17-8;1-5(2,3)4/h3,6-8,14H,2,4,11H2,1H3,(H,12,15,16);(H3,1,2,3,4)/t6?,7-,8-;/m1./s1. The fraction of sp³-hybridized carbons (Fsp3) is 0.600. The van der Waals surface area contributed by atoms with E-state index in [2.05, 4.69) is 4.98 Å². The number of phosphoric acid groups is 1. The van der Waals surface area contributed by atoms with Crippen molar-refractivity contribution < 1.29 is 29.1 Å². The number of nitrogens with zero attached hydrogens (tertiary/aromatic N) is 1. The Kier molecular flexibility index (Phi) is 6.20. The number of aliphatic hydroxyl groups is 1. The van der Waals surface area contributed by atoms with Gasteiger partial charge in [-0.05, 0) is 6.92 Å². The molecule has 1 fully saturated rings. The lowest BCUT2D eigenvalue weighted by atomic mass is 10.1. The molecule has 1 saturated heterocycles. The Balaban J connectivity index is 0.000000422. The van der Waals surface area contributed by atoms with Crippen LogP contribution >= 0.6 is 7.82 Å². The summed E-state index contributed by atoms with van der Waals surface area (Å²) in [5.74, 6) is 0. The largest absolute Gasteiger partial charge is 0.466 e. The highest BCUT2D eigenvalue weighted by molar-refractivity contribution is 7.45. The summed E-state index contributed by atoms with van der Waals surface area (Å²) in [4.78, 5) is 46.6. The van der Waals surface area contributed by atoms with Crippen molar-refractivity contribution in [3.05, 3.63) is 32.6 Å². The third-order valence-corrected chi connectivity index (χ3v) is 2.92. The molecule has 3 atom stereocenters. The number of nitrogens with one attached hydrogen (secondary N) is 1. The average Bonchev–Trinajstić information content (AvgIpc) is 2.73. The Bertz CT molecular complexity index is 657. The van der Waals surface area contributed by atoms with E-state index in [4.69, 9.17) is 34.8 Å². The van der Waals surface area contributed by atoms with Crippen LogP contribution in [0.4, 0.5) is 0 Å². The maximum Gasteiger partial charge on any atom is 0.466 e. The highest BCUT2D eigenvalue weighted by atomic mass is 31.2. The normalized spacial score (nSPS) is 24.7. The fourth-order valence-electron chi connectivity index (χ4n) is 1.90. The molecule has 0 spiro atoms. The summed E-state index contributed by atoms with van der Waals surface area (Å²) >= 11 is 0. The molecule has 0 radical (unpaired) electrons. The maximum atomic E-state index is 11.6. The topological polar surface area (TPSA) is 188 Å². The summed E-state index contributed by atoms with van der Waals surface area (Å²) in [5.41, 5.74) is 5.25. The fourth-order valence-corrected chi connectivity index (χ4v) is 1.90. The molecule has 0 aliphatic carbocycles. The van der Waals surface area contributed by atoms with Crippen molar-refractivity contribution in [3.8, 4) is 0 Å². The van der Waals surface area contributed by atoms with E-state index >= 15 is 0 Å². The van der Waals surface area contributed by atoms with E-state index in [0.29, 0.717) is 12.0 Å². The molecule has 2 heterocycles. The molecular weight excluding hydrogens is 321 g/mol. The van der Waals surface area contributed by atoms with Crippen LogP contribution in [0.15, 0.2) is 15.8 Å². The Labute approximate surface area is 124 Å². The predicted molar refractivity (Wildman–Crippen MR) is 73.9 cm³/mol. The van der Waals surface area contributed by atoms with Gasteiger partial charge >= 0.3 is 13.5 Å². The molecule has 1 aromatic heterocycles. The van der Waals surface area contributed by atoms with Crippen molar-refractivity contribution in [2.75, 3.05) is 6.61 Å². The van der Waals surface area contributed by atoms with Gasteiger partial charge in [-0.25, -0.2) is 9.36 Å². The van der Waals surface area contributed by atoms with Crippen molar-refractivity contribution in [2.24, 2.45) is 5.73 Å². The van der Waals surface area contributed by atoms with Gasteiger partial charge in [-0.3, -0.25) is 14.3 Å². The van der Waals surface area contributed by atoms with Crippen LogP contribution in [-0.2, 0) is 9.30 Å².